The zero-order valence-electron chi connectivity index (χ0n) is 13.1. The maximum Gasteiger partial charge on any atom is 0.273 e. The summed E-state index contributed by atoms with van der Waals surface area (Å²) in [7, 11) is 0. The van der Waals surface area contributed by atoms with Crippen molar-refractivity contribution in [2.45, 2.75) is 38.3 Å². The van der Waals surface area contributed by atoms with Crippen LogP contribution < -0.4 is 0 Å². The molecule has 1 fully saturated rings. The van der Waals surface area contributed by atoms with Gasteiger partial charge in [0.05, 0.1) is 11.6 Å². The minimum Gasteiger partial charge on any atom is -0.388 e. The van der Waals surface area contributed by atoms with E-state index >= 15 is 0 Å². The molecular weight excluding hydrogens is 315 g/mol. The lowest BCUT2D eigenvalue weighted by Crippen LogP contribution is -2.48. The highest BCUT2D eigenvalue weighted by Gasteiger charge is 2.39. The van der Waals surface area contributed by atoms with E-state index < -0.39 is 5.60 Å². The number of carbonyl (C=O) groups is 1. The van der Waals surface area contributed by atoms with Crippen LogP contribution in [0, 0.1) is 5.82 Å². The number of nitrogens with zero attached hydrogens (tertiary/aromatic N) is 2. The highest BCUT2D eigenvalue weighted by Crippen LogP contribution is 2.30. The molecule has 4 nitrogen and oxygen atoms in total. The number of halogens is 1. The largest absolute Gasteiger partial charge is 0.388 e. The van der Waals surface area contributed by atoms with E-state index in [1.807, 2.05) is 0 Å². The van der Waals surface area contributed by atoms with E-state index in [1.54, 1.807) is 36.3 Å². The van der Waals surface area contributed by atoms with Crippen LogP contribution in [0.4, 0.5) is 4.39 Å². The summed E-state index contributed by atoms with van der Waals surface area (Å²) in [5.74, 6) is -0.453. The van der Waals surface area contributed by atoms with Crippen molar-refractivity contribution in [1.29, 1.82) is 0 Å². The van der Waals surface area contributed by atoms with Gasteiger partial charge in [0, 0.05) is 17.5 Å². The molecule has 0 aliphatic carbocycles. The lowest BCUT2D eigenvalue weighted by Gasteiger charge is -2.33. The van der Waals surface area contributed by atoms with Gasteiger partial charge in [-0.15, -0.1) is 11.3 Å². The van der Waals surface area contributed by atoms with E-state index in [1.165, 1.54) is 23.5 Å². The van der Waals surface area contributed by atoms with Crippen molar-refractivity contribution in [2.24, 2.45) is 0 Å². The van der Waals surface area contributed by atoms with E-state index in [4.69, 9.17) is 0 Å². The Kier molecular flexibility index (Phi) is 4.21. The van der Waals surface area contributed by atoms with Gasteiger partial charge < -0.3 is 10.0 Å². The smallest absolute Gasteiger partial charge is 0.273 e. The van der Waals surface area contributed by atoms with Crippen molar-refractivity contribution < 1.29 is 14.3 Å². The fourth-order valence-corrected chi connectivity index (χ4v) is 3.79. The standard InChI is InChI=1S/C17H19FN2O2S/c1-17(2,22)14-4-3-9-20(14)16(21)13-10-23-15(19-13)11-5-7-12(18)8-6-11/h5-8,10,14,22H,3-4,9H2,1-2H3. The second-order valence-electron chi connectivity index (χ2n) is 6.36. The van der Waals surface area contributed by atoms with Crippen LogP contribution in [0.2, 0.25) is 0 Å². The van der Waals surface area contributed by atoms with E-state index in [2.05, 4.69) is 4.98 Å². The minimum atomic E-state index is -0.929. The molecular formula is C17H19FN2O2S. The Balaban J connectivity index is 1.82. The summed E-state index contributed by atoms with van der Waals surface area (Å²) in [6.07, 6.45) is 1.68. The summed E-state index contributed by atoms with van der Waals surface area (Å²) in [5, 5.41) is 12.7. The van der Waals surface area contributed by atoms with Gasteiger partial charge in [0.2, 0.25) is 0 Å². The molecule has 23 heavy (non-hydrogen) atoms. The molecule has 1 unspecified atom stereocenters. The Labute approximate surface area is 138 Å². The highest BCUT2D eigenvalue weighted by molar-refractivity contribution is 7.13. The molecule has 2 heterocycles. The monoisotopic (exact) mass is 334 g/mol. The third-order valence-electron chi connectivity index (χ3n) is 4.14. The lowest BCUT2D eigenvalue weighted by molar-refractivity contribution is 0.000154. The number of likely N-dealkylation sites (tertiary alicyclic amines) is 1. The zero-order chi connectivity index (χ0) is 16.6. The lowest BCUT2D eigenvalue weighted by atomic mass is 9.96. The van der Waals surface area contributed by atoms with Crippen molar-refractivity contribution in [1.82, 2.24) is 9.88 Å². The van der Waals surface area contributed by atoms with Crippen LogP contribution in [0.1, 0.15) is 37.2 Å². The van der Waals surface area contributed by atoms with Gasteiger partial charge in [0.25, 0.3) is 5.91 Å². The Morgan fingerprint density at radius 3 is 2.74 bits per heavy atom. The highest BCUT2D eigenvalue weighted by atomic mass is 32.1. The third kappa shape index (κ3) is 3.28. The third-order valence-corrected chi connectivity index (χ3v) is 5.03. The molecule has 1 aromatic carbocycles. The normalized spacial score (nSPS) is 18.4. The molecule has 1 N–H and O–H groups in total. The molecule has 1 amide bonds. The van der Waals surface area contributed by atoms with Crippen molar-refractivity contribution in [3.05, 3.63) is 41.2 Å². The van der Waals surface area contributed by atoms with Crippen molar-refractivity contribution in [3.8, 4) is 10.6 Å². The number of amides is 1. The topological polar surface area (TPSA) is 53.4 Å². The van der Waals surface area contributed by atoms with Gasteiger partial charge in [-0.3, -0.25) is 4.79 Å². The number of rotatable bonds is 3. The second-order valence-corrected chi connectivity index (χ2v) is 7.21. The van der Waals surface area contributed by atoms with Crippen molar-refractivity contribution in [3.63, 3.8) is 0 Å². The molecule has 1 aliphatic rings. The van der Waals surface area contributed by atoms with E-state index in [-0.39, 0.29) is 17.8 Å². The van der Waals surface area contributed by atoms with Gasteiger partial charge >= 0.3 is 0 Å². The Morgan fingerprint density at radius 2 is 2.09 bits per heavy atom. The van der Waals surface area contributed by atoms with Crippen molar-refractivity contribution in [2.75, 3.05) is 6.54 Å². The molecule has 1 aromatic heterocycles. The molecule has 0 saturated carbocycles. The molecule has 1 aliphatic heterocycles. The van der Waals surface area contributed by atoms with Crippen LogP contribution in [-0.4, -0.2) is 39.1 Å². The van der Waals surface area contributed by atoms with Gasteiger partial charge in [-0.2, -0.15) is 0 Å². The van der Waals surface area contributed by atoms with Crippen molar-refractivity contribution >= 4 is 17.2 Å². The maximum absolute atomic E-state index is 13.0. The summed E-state index contributed by atoms with van der Waals surface area (Å²) in [6, 6.07) is 5.87. The number of hydrogen-bond acceptors (Lipinski definition) is 4. The quantitative estimate of drug-likeness (QED) is 0.937. The molecule has 2 aromatic rings. The summed E-state index contributed by atoms with van der Waals surface area (Å²) in [6.45, 7) is 4.10. The Morgan fingerprint density at radius 1 is 1.39 bits per heavy atom. The molecule has 1 saturated heterocycles. The van der Waals surface area contributed by atoms with Crippen LogP contribution in [0.15, 0.2) is 29.6 Å². The summed E-state index contributed by atoms with van der Waals surface area (Å²) in [5.41, 5.74) is 0.239. The first-order chi connectivity index (χ1) is 10.9. The fraction of sp³-hybridized carbons (Fsp3) is 0.412. The number of aliphatic hydroxyl groups is 1. The molecule has 1 atom stereocenters. The first-order valence-corrected chi connectivity index (χ1v) is 8.49. The van der Waals surface area contributed by atoms with E-state index in [9.17, 15) is 14.3 Å². The molecule has 0 radical (unpaired) electrons. The first kappa shape index (κ1) is 16.1. The van der Waals surface area contributed by atoms with Gasteiger partial charge in [-0.25, -0.2) is 9.37 Å². The number of aromatic nitrogens is 1. The SMILES string of the molecule is CC(C)(O)C1CCCN1C(=O)c1csc(-c2ccc(F)cc2)n1. The number of thiazole rings is 1. The molecule has 0 spiro atoms. The number of carbonyl (C=O) groups excluding carboxylic acids is 1. The molecule has 6 heteroatoms. The Bertz CT molecular complexity index is 706. The van der Waals surface area contributed by atoms with Crippen LogP contribution in [0.5, 0.6) is 0 Å². The average molecular weight is 334 g/mol. The fourth-order valence-electron chi connectivity index (χ4n) is 2.99. The summed E-state index contributed by atoms with van der Waals surface area (Å²) in [4.78, 5) is 18.8. The maximum atomic E-state index is 13.0. The minimum absolute atomic E-state index is 0.153. The van der Waals surface area contributed by atoms with E-state index in [0.717, 1.165) is 18.4 Å². The van der Waals surface area contributed by atoms with Crippen LogP contribution in [0.25, 0.3) is 10.6 Å². The average Bonchev–Trinajstić information content (AvgIpc) is 3.16. The molecule has 0 bridgehead atoms. The van der Waals surface area contributed by atoms with Crippen LogP contribution in [0.3, 0.4) is 0 Å². The van der Waals surface area contributed by atoms with Gasteiger partial charge in [0.15, 0.2) is 0 Å². The summed E-state index contributed by atoms with van der Waals surface area (Å²) >= 11 is 1.36. The zero-order valence-corrected chi connectivity index (χ0v) is 13.9. The second kappa shape index (κ2) is 6.02. The molecule has 3 rings (SSSR count). The number of benzene rings is 1. The van der Waals surface area contributed by atoms with Gasteiger partial charge in [-0.1, -0.05) is 0 Å². The number of hydrogen-bond donors (Lipinski definition) is 1. The predicted octanol–water partition coefficient (Wildman–Crippen LogP) is 3.32. The van der Waals surface area contributed by atoms with E-state index in [0.29, 0.717) is 17.2 Å². The van der Waals surface area contributed by atoms with Crippen LogP contribution in [-0.2, 0) is 0 Å². The predicted molar refractivity (Wildman–Crippen MR) is 87.9 cm³/mol. The van der Waals surface area contributed by atoms with Gasteiger partial charge in [-0.05, 0) is 51.0 Å². The first-order valence-electron chi connectivity index (χ1n) is 7.61. The molecule has 122 valence electrons. The summed E-state index contributed by atoms with van der Waals surface area (Å²) < 4.78 is 13.0. The van der Waals surface area contributed by atoms with Gasteiger partial charge in [0.1, 0.15) is 16.5 Å². The Hall–Kier alpha value is -1.79. The van der Waals surface area contributed by atoms with Crippen LogP contribution >= 0.6 is 11.3 Å².